The molecule has 2 fully saturated rings. The predicted octanol–water partition coefficient (Wildman–Crippen LogP) is 5.91. The lowest BCUT2D eigenvalue weighted by Gasteiger charge is -2.35. The number of aromatic nitrogens is 6. The van der Waals surface area contributed by atoms with E-state index in [1.54, 1.807) is 31.2 Å². The molecule has 3 amide bonds. The van der Waals surface area contributed by atoms with Gasteiger partial charge in [0.2, 0.25) is 0 Å². The molecule has 70 heavy (non-hydrogen) atoms. The molecule has 0 saturated carbocycles. The average molecular weight is 942 g/mol. The quantitative estimate of drug-likeness (QED) is 0.0833. The Morgan fingerprint density at radius 2 is 1.01 bits per heavy atom. The molecule has 3 aliphatic rings. The number of ketones is 1. The summed E-state index contributed by atoms with van der Waals surface area (Å²) < 4.78 is 0. The van der Waals surface area contributed by atoms with Gasteiger partial charge in [0.25, 0.3) is 17.7 Å². The molecule has 0 bridgehead atoms. The third-order valence-corrected chi connectivity index (χ3v) is 13.3. The van der Waals surface area contributed by atoms with Crippen molar-refractivity contribution in [2.75, 3.05) is 50.7 Å². The summed E-state index contributed by atoms with van der Waals surface area (Å²) in [4.78, 5) is 78.8. The van der Waals surface area contributed by atoms with Gasteiger partial charge in [0.1, 0.15) is 34.0 Å². The summed E-state index contributed by atoms with van der Waals surface area (Å²) in [6.45, 7) is 13.9. The van der Waals surface area contributed by atoms with Crippen LogP contribution in [0.3, 0.4) is 0 Å². The number of Topliss-reactive ketones (excluding diaryl/α,β-unsaturated/α-hetero) is 1. The Balaban J connectivity index is 0.000000133. The van der Waals surface area contributed by atoms with Crippen molar-refractivity contribution in [2.45, 2.75) is 52.9 Å². The van der Waals surface area contributed by atoms with Crippen molar-refractivity contribution in [1.29, 1.82) is 0 Å². The Morgan fingerprint density at radius 3 is 1.47 bits per heavy atom. The molecule has 3 aliphatic heterocycles. The molecule has 17 nitrogen and oxygen atoms in total. The van der Waals surface area contributed by atoms with Crippen LogP contribution in [-0.2, 0) is 32.6 Å². The van der Waals surface area contributed by atoms with Crippen molar-refractivity contribution in [3.8, 4) is 0 Å². The lowest BCUT2D eigenvalue weighted by molar-refractivity contribution is 0.0993. The molecular weight excluding hydrogens is 883 g/mol. The molecule has 8 aromatic rings. The van der Waals surface area contributed by atoms with Gasteiger partial charge in [-0.05, 0) is 104 Å². The number of nitrogens with two attached hydrogens (primary N) is 3. The fourth-order valence-electron chi connectivity index (χ4n) is 9.64. The number of hydrogen-bond donors (Lipinski definition) is 6. The van der Waals surface area contributed by atoms with Gasteiger partial charge in [-0.25, -0.2) is 15.0 Å². The van der Waals surface area contributed by atoms with Gasteiger partial charge in [0.15, 0.2) is 5.78 Å². The molecule has 9 N–H and O–H groups in total. The number of H-pyrrole nitrogens is 3. The van der Waals surface area contributed by atoms with Crippen LogP contribution in [0.25, 0.3) is 33.1 Å². The van der Waals surface area contributed by atoms with E-state index in [9.17, 15) is 19.2 Å². The molecule has 360 valence electrons. The molecule has 3 aromatic heterocycles. The number of rotatable bonds is 11. The maximum atomic E-state index is 11.6. The van der Waals surface area contributed by atoms with Crippen LogP contribution in [-0.4, -0.2) is 114 Å². The number of primary amides is 3. The molecule has 17 heteroatoms. The molecule has 1 unspecified atom stereocenters. The minimum atomic E-state index is -0.465. The van der Waals surface area contributed by atoms with Crippen LogP contribution in [0.1, 0.15) is 90.3 Å². The highest BCUT2D eigenvalue weighted by atomic mass is 16.2. The van der Waals surface area contributed by atoms with Crippen LogP contribution >= 0.6 is 0 Å². The van der Waals surface area contributed by atoms with Crippen LogP contribution < -0.4 is 22.1 Å². The lowest BCUT2D eigenvalue weighted by atomic mass is 10.00. The first-order chi connectivity index (χ1) is 33.8. The first-order valence-corrected chi connectivity index (χ1v) is 23.8. The zero-order valence-corrected chi connectivity index (χ0v) is 39.6. The number of para-hydroxylation sites is 3. The summed E-state index contributed by atoms with van der Waals surface area (Å²) in [5.41, 5.74) is 26.8. The number of nitrogens with one attached hydrogen (secondary N) is 3. The Hall–Kier alpha value is -7.73. The van der Waals surface area contributed by atoms with E-state index in [-0.39, 0.29) is 5.78 Å². The number of carbonyl (C=O) groups excluding carboxylic acids is 4. The topological polar surface area (TPSA) is 245 Å². The predicted molar refractivity (Wildman–Crippen MR) is 271 cm³/mol. The molecule has 0 radical (unpaired) electrons. The summed E-state index contributed by atoms with van der Waals surface area (Å²) in [6.07, 6.45) is 2.30. The van der Waals surface area contributed by atoms with E-state index in [0.717, 1.165) is 123 Å². The zero-order valence-electron chi connectivity index (χ0n) is 39.6. The second-order valence-corrected chi connectivity index (χ2v) is 18.5. The lowest BCUT2D eigenvalue weighted by Crippen LogP contribution is -2.46. The molecule has 0 spiro atoms. The highest BCUT2D eigenvalue weighted by molar-refractivity contribution is 6.05. The number of nitrogens with zero attached hydrogens (tertiary/aromatic N) is 7. The van der Waals surface area contributed by atoms with Gasteiger partial charge in [-0.3, -0.25) is 33.9 Å². The van der Waals surface area contributed by atoms with Crippen molar-refractivity contribution in [3.05, 3.63) is 154 Å². The number of hydrogen-bond acceptors (Lipinski definition) is 11. The number of aromatic amines is 3. The van der Waals surface area contributed by atoms with E-state index in [1.807, 2.05) is 54.6 Å². The highest BCUT2D eigenvalue weighted by Gasteiger charge is 2.23. The summed E-state index contributed by atoms with van der Waals surface area (Å²) in [5.74, 6) is 2.10. The van der Waals surface area contributed by atoms with Crippen molar-refractivity contribution in [1.82, 2.24) is 44.6 Å². The van der Waals surface area contributed by atoms with Gasteiger partial charge in [-0.2, -0.15) is 0 Å². The van der Waals surface area contributed by atoms with E-state index in [2.05, 4.69) is 80.7 Å². The molecule has 2 saturated heterocycles. The number of fused-ring (bicyclic) bond motifs is 4. The van der Waals surface area contributed by atoms with Crippen molar-refractivity contribution >= 4 is 62.3 Å². The van der Waals surface area contributed by atoms with Crippen LogP contribution in [0.2, 0.25) is 0 Å². The maximum Gasteiger partial charge on any atom is 0.250 e. The molecule has 1 atom stereocenters. The molecular formula is C53H59N13O4. The number of anilines is 1. The van der Waals surface area contributed by atoms with E-state index >= 15 is 0 Å². The first-order valence-electron chi connectivity index (χ1n) is 23.8. The second-order valence-electron chi connectivity index (χ2n) is 18.5. The minimum Gasteiger partial charge on any atom is -0.369 e. The van der Waals surface area contributed by atoms with Crippen molar-refractivity contribution in [2.24, 2.45) is 23.1 Å². The Bertz CT molecular complexity index is 3180. The van der Waals surface area contributed by atoms with E-state index in [4.69, 9.17) is 17.2 Å². The zero-order chi connectivity index (χ0) is 48.9. The van der Waals surface area contributed by atoms with Crippen LogP contribution in [0, 0.1) is 5.92 Å². The fourth-order valence-corrected chi connectivity index (χ4v) is 9.64. The number of imidazole rings is 3. The second kappa shape index (κ2) is 20.9. The monoisotopic (exact) mass is 941 g/mol. The summed E-state index contributed by atoms with van der Waals surface area (Å²) in [7, 11) is 0. The Morgan fingerprint density at radius 1 is 0.543 bits per heavy atom. The van der Waals surface area contributed by atoms with Gasteiger partial charge in [-0.1, -0.05) is 49.4 Å². The third kappa shape index (κ3) is 10.9. The van der Waals surface area contributed by atoms with Gasteiger partial charge in [-0.15, -0.1) is 0 Å². The minimum absolute atomic E-state index is 0.0849. The maximum absolute atomic E-state index is 11.6. The number of likely N-dealkylation sites (tertiary alicyclic amines) is 1. The van der Waals surface area contributed by atoms with Crippen molar-refractivity contribution in [3.63, 3.8) is 0 Å². The van der Waals surface area contributed by atoms with E-state index in [0.29, 0.717) is 39.8 Å². The highest BCUT2D eigenvalue weighted by Crippen LogP contribution is 2.24. The number of piperazine rings is 1. The van der Waals surface area contributed by atoms with Gasteiger partial charge >= 0.3 is 0 Å². The Kier molecular flexibility index (Phi) is 14.1. The van der Waals surface area contributed by atoms with Gasteiger partial charge < -0.3 is 37.1 Å². The summed E-state index contributed by atoms with van der Waals surface area (Å²) in [6, 6.07) is 32.7. The largest absolute Gasteiger partial charge is 0.369 e. The summed E-state index contributed by atoms with van der Waals surface area (Å²) in [5, 5.41) is 0. The average Bonchev–Trinajstić information content (AvgIpc) is 4.17. The number of amides is 3. The van der Waals surface area contributed by atoms with E-state index in [1.165, 1.54) is 17.5 Å². The van der Waals surface area contributed by atoms with Gasteiger partial charge in [0, 0.05) is 57.1 Å². The molecule has 0 aliphatic carbocycles. The third-order valence-electron chi connectivity index (χ3n) is 13.3. The standard InChI is InChI=1S/C21H23N5O2.C18H18N4O.C14H18N4O/c1-14(27)15-5-7-16(8-6-15)26-11-9-25(10-12-26)13-19-23-18-4-2-3-17(21(22)28)20(18)24-19;19-18(23)14-6-3-7-15-17(14)21-16(20-15)11-22-9-8-12-4-1-2-5-13(12)10-22;1-9-5-6-18(7-9)8-12-16-11-4-2-3-10(14(15)19)13(11)17-12/h2-8H,9-13H2,1H3,(H2,22,28)(H,23,24);1-7H,8-11H2,(H2,19,23)(H,20,21);2-4,9H,5-8H2,1H3,(H2,15,19)(H,16,17). The van der Waals surface area contributed by atoms with E-state index < -0.39 is 17.7 Å². The van der Waals surface area contributed by atoms with Crippen LogP contribution in [0.15, 0.2) is 103 Å². The van der Waals surface area contributed by atoms with Crippen LogP contribution in [0.5, 0.6) is 0 Å². The first kappa shape index (κ1) is 47.3. The Labute approximate surface area is 405 Å². The van der Waals surface area contributed by atoms with Crippen molar-refractivity contribution < 1.29 is 19.2 Å². The fraction of sp³-hybridized carbons (Fsp3) is 0.302. The SMILES string of the molecule is CC(=O)c1ccc(N2CCN(Cc3nc4c(C(N)=O)cccc4[nH]3)CC2)cc1.CC1CCN(Cc2nc3c(C(N)=O)cccc3[nH]2)C1.NC(=O)c1cccc2[nH]c(CN3CCc4ccccc4C3)nc12. The molecule has 6 heterocycles. The number of carbonyl (C=O) groups is 4. The van der Waals surface area contributed by atoms with Crippen LogP contribution in [0.4, 0.5) is 5.69 Å². The number of benzene rings is 5. The smallest absolute Gasteiger partial charge is 0.250 e. The molecule has 11 rings (SSSR count). The summed E-state index contributed by atoms with van der Waals surface area (Å²) >= 11 is 0. The molecule has 5 aromatic carbocycles. The van der Waals surface area contributed by atoms with Gasteiger partial charge in [0.05, 0.1) is 52.9 Å². The normalized spacial score (nSPS) is 16.4.